The smallest absolute Gasteiger partial charge is 0.407 e. The monoisotopic (exact) mass is 405 g/mol. The number of alkyl carbamates (subject to hydrolysis) is 1. The Bertz CT molecular complexity index is 639. The van der Waals surface area contributed by atoms with E-state index in [0.29, 0.717) is 6.54 Å². The number of carbonyl (C=O) groups is 1. The standard InChI is InChI=1S/C20H31N5O2S/c1-25(14-18-7-3-2-4-8-18)16-22-12-11-21-9-5-6-10-24-20(26)27-15-19-13-23-17-28-19/h2-4,7-8,13,17,21-22H,5-6,9-12,14-16H2,1H3,(H,24,26). The molecule has 8 heteroatoms. The second-order valence-electron chi connectivity index (χ2n) is 6.59. The van der Waals surface area contributed by atoms with Crippen LogP contribution >= 0.6 is 11.3 Å². The van der Waals surface area contributed by atoms with E-state index >= 15 is 0 Å². The second kappa shape index (κ2) is 14.1. The molecule has 0 aliphatic heterocycles. The fourth-order valence-corrected chi connectivity index (χ4v) is 3.10. The molecule has 0 saturated heterocycles. The van der Waals surface area contributed by atoms with E-state index in [-0.39, 0.29) is 12.7 Å². The van der Waals surface area contributed by atoms with Gasteiger partial charge in [0.2, 0.25) is 0 Å². The van der Waals surface area contributed by atoms with Crippen molar-refractivity contribution in [2.75, 3.05) is 39.9 Å². The Balaban J connectivity index is 1.34. The van der Waals surface area contributed by atoms with Gasteiger partial charge in [0.05, 0.1) is 10.4 Å². The van der Waals surface area contributed by atoms with Gasteiger partial charge in [0.1, 0.15) is 6.61 Å². The molecule has 0 atom stereocenters. The molecule has 1 aromatic carbocycles. The maximum Gasteiger partial charge on any atom is 0.407 e. The fraction of sp³-hybridized carbons (Fsp3) is 0.500. The van der Waals surface area contributed by atoms with E-state index in [1.165, 1.54) is 16.9 Å². The predicted octanol–water partition coefficient (Wildman–Crippen LogP) is 2.42. The zero-order chi connectivity index (χ0) is 19.9. The van der Waals surface area contributed by atoms with Gasteiger partial charge in [-0.3, -0.25) is 9.88 Å². The molecular weight excluding hydrogens is 374 g/mol. The topological polar surface area (TPSA) is 78.5 Å². The van der Waals surface area contributed by atoms with Crippen molar-refractivity contribution in [3.63, 3.8) is 0 Å². The summed E-state index contributed by atoms with van der Waals surface area (Å²) in [5.74, 6) is 0. The summed E-state index contributed by atoms with van der Waals surface area (Å²) in [6.45, 7) is 5.53. The van der Waals surface area contributed by atoms with Gasteiger partial charge < -0.3 is 20.7 Å². The molecule has 0 radical (unpaired) electrons. The minimum atomic E-state index is -0.370. The average molecular weight is 406 g/mol. The van der Waals surface area contributed by atoms with Gasteiger partial charge in [-0.05, 0) is 32.0 Å². The summed E-state index contributed by atoms with van der Waals surface area (Å²) in [6, 6.07) is 10.5. The van der Waals surface area contributed by atoms with E-state index in [1.54, 1.807) is 11.7 Å². The first-order valence-electron chi connectivity index (χ1n) is 9.66. The molecular formula is C20H31N5O2S. The zero-order valence-corrected chi connectivity index (χ0v) is 17.3. The minimum absolute atomic E-state index is 0.283. The number of hydrogen-bond acceptors (Lipinski definition) is 7. The van der Waals surface area contributed by atoms with E-state index in [9.17, 15) is 4.79 Å². The summed E-state index contributed by atoms with van der Waals surface area (Å²) >= 11 is 1.48. The van der Waals surface area contributed by atoms with Gasteiger partial charge in [0, 0.05) is 39.0 Å². The number of hydrogen-bond donors (Lipinski definition) is 3. The van der Waals surface area contributed by atoms with Crippen LogP contribution in [0, 0.1) is 0 Å². The first kappa shape index (κ1) is 22.3. The van der Waals surface area contributed by atoms with Crippen molar-refractivity contribution in [2.24, 2.45) is 0 Å². The van der Waals surface area contributed by atoms with Crippen molar-refractivity contribution in [1.82, 2.24) is 25.8 Å². The highest BCUT2D eigenvalue weighted by molar-refractivity contribution is 7.09. The molecule has 1 heterocycles. The number of rotatable bonds is 14. The average Bonchev–Trinajstić information content (AvgIpc) is 3.22. The molecule has 1 aromatic heterocycles. The van der Waals surface area contributed by atoms with E-state index < -0.39 is 0 Å². The SMILES string of the molecule is CN(CNCCNCCCCNC(=O)OCc1cncs1)Cc1ccccc1. The highest BCUT2D eigenvalue weighted by Crippen LogP contribution is 2.06. The number of ether oxygens (including phenoxy) is 1. The van der Waals surface area contributed by atoms with E-state index in [1.807, 2.05) is 6.07 Å². The first-order valence-corrected chi connectivity index (χ1v) is 10.5. The number of amides is 1. The molecule has 0 saturated carbocycles. The van der Waals surface area contributed by atoms with Gasteiger partial charge in [-0.25, -0.2) is 4.79 Å². The van der Waals surface area contributed by atoms with E-state index in [0.717, 1.165) is 50.6 Å². The van der Waals surface area contributed by atoms with Crippen molar-refractivity contribution in [2.45, 2.75) is 26.0 Å². The highest BCUT2D eigenvalue weighted by atomic mass is 32.1. The molecule has 2 rings (SSSR count). The Morgan fingerprint density at radius 1 is 1.11 bits per heavy atom. The fourth-order valence-electron chi connectivity index (χ4n) is 2.59. The third-order valence-electron chi connectivity index (χ3n) is 4.03. The minimum Gasteiger partial charge on any atom is -0.444 e. The van der Waals surface area contributed by atoms with Crippen molar-refractivity contribution in [3.05, 3.63) is 52.5 Å². The van der Waals surface area contributed by atoms with E-state index in [4.69, 9.17) is 4.74 Å². The Hall–Kier alpha value is -2.00. The molecule has 28 heavy (non-hydrogen) atoms. The second-order valence-corrected chi connectivity index (χ2v) is 7.56. The number of carbonyl (C=O) groups excluding carboxylic acids is 1. The molecule has 0 aliphatic carbocycles. The van der Waals surface area contributed by atoms with Gasteiger partial charge >= 0.3 is 6.09 Å². The summed E-state index contributed by atoms with van der Waals surface area (Å²) in [5.41, 5.74) is 3.05. The van der Waals surface area contributed by atoms with Crippen LogP contribution in [0.4, 0.5) is 4.79 Å². The van der Waals surface area contributed by atoms with Crippen LogP contribution in [0.3, 0.4) is 0 Å². The number of aromatic nitrogens is 1. The highest BCUT2D eigenvalue weighted by Gasteiger charge is 2.03. The van der Waals surface area contributed by atoms with Crippen molar-refractivity contribution >= 4 is 17.4 Å². The molecule has 2 aromatic rings. The molecule has 3 N–H and O–H groups in total. The predicted molar refractivity (Wildman–Crippen MR) is 113 cm³/mol. The summed E-state index contributed by atoms with van der Waals surface area (Å²) in [5, 5.41) is 9.61. The van der Waals surface area contributed by atoms with Crippen LogP contribution in [0.25, 0.3) is 0 Å². The van der Waals surface area contributed by atoms with Gasteiger partial charge in [-0.15, -0.1) is 11.3 Å². The van der Waals surface area contributed by atoms with Crippen LogP contribution in [0.5, 0.6) is 0 Å². The summed E-state index contributed by atoms with van der Waals surface area (Å²) in [6.07, 6.45) is 3.28. The molecule has 0 fully saturated rings. The molecule has 0 spiro atoms. The Kier molecular flexibility index (Phi) is 11.2. The molecule has 0 aliphatic rings. The lowest BCUT2D eigenvalue weighted by atomic mass is 10.2. The lowest BCUT2D eigenvalue weighted by Gasteiger charge is -2.17. The van der Waals surface area contributed by atoms with Gasteiger partial charge in [-0.2, -0.15) is 0 Å². The van der Waals surface area contributed by atoms with E-state index in [2.05, 4.69) is 57.1 Å². The molecule has 0 unspecified atom stereocenters. The van der Waals surface area contributed by atoms with Crippen LogP contribution in [-0.2, 0) is 17.9 Å². The van der Waals surface area contributed by atoms with Crippen molar-refractivity contribution in [1.29, 1.82) is 0 Å². The molecule has 7 nitrogen and oxygen atoms in total. The zero-order valence-electron chi connectivity index (χ0n) is 16.5. The van der Waals surface area contributed by atoms with Crippen LogP contribution in [0.15, 0.2) is 42.0 Å². The Morgan fingerprint density at radius 3 is 2.68 bits per heavy atom. The lowest BCUT2D eigenvalue weighted by molar-refractivity contribution is 0.140. The first-order chi connectivity index (χ1) is 13.7. The van der Waals surface area contributed by atoms with Crippen LogP contribution in [-0.4, -0.2) is 55.9 Å². The maximum atomic E-state index is 11.5. The summed E-state index contributed by atoms with van der Waals surface area (Å²) < 4.78 is 5.11. The number of unbranched alkanes of at least 4 members (excludes halogenated alkanes) is 1. The lowest BCUT2D eigenvalue weighted by Crippen LogP contribution is -2.35. The van der Waals surface area contributed by atoms with Crippen molar-refractivity contribution < 1.29 is 9.53 Å². The van der Waals surface area contributed by atoms with Crippen LogP contribution in [0.2, 0.25) is 0 Å². The van der Waals surface area contributed by atoms with Gasteiger partial charge in [0.25, 0.3) is 0 Å². The van der Waals surface area contributed by atoms with Crippen LogP contribution in [0.1, 0.15) is 23.3 Å². The Labute approximate surface area is 171 Å². The molecule has 1 amide bonds. The van der Waals surface area contributed by atoms with Crippen molar-refractivity contribution in [3.8, 4) is 0 Å². The maximum absolute atomic E-state index is 11.5. The summed E-state index contributed by atoms with van der Waals surface area (Å²) in [7, 11) is 2.11. The number of benzene rings is 1. The Morgan fingerprint density at radius 2 is 1.89 bits per heavy atom. The molecule has 154 valence electrons. The molecule has 0 bridgehead atoms. The number of thiazole rings is 1. The number of nitrogens with zero attached hydrogens (tertiary/aromatic N) is 2. The van der Waals surface area contributed by atoms with Gasteiger partial charge in [-0.1, -0.05) is 30.3 Å². The summed E-state index contributed by atoms with van der Waals surface area (Å²) in [4.78, 5) is 18.7. The normalized spacial score (nSPS) is 10.9. The van der Waals surface area contributed by atoms with Gasteiger partial charge in [0.15, 0.2) is 0 Å². The third-order valence-corrected chi connectivity index (χ3v) is 4.79. The van der Waals surface area contributed by atoms with Crippen LogP contribution < -0.4 is 16.0 Å². The quantitative estimate of drug-likeness (QED) is 0.331. The number of nitrogens with one attached hydrogen (secondary N) is 3. The largest absolute Gasteiger partial charge is 0.444 e. The third kappa shape index (κ3) is 10.4.